The van der Waals surface area contributed by atoms with Crippen LogP contribution in [0.3, 0.4) is 0 Å². The summed E-state index contributed by atoms with van der Waals surface area (Å²) in [7, 11) is 0. The number of carboxylic acids is 1. The maximum absolute atomic E-state index is 12.3. The molecule has 164 valence electrons. The van der Waals surface area contributed by atoms with Gasteiger partial charge in [-0.15, -0.1) is 0 Å². The van der Waals surface area contributed by atoms with Crippen LogP contribution >= 0.6 is 11.8 Å². The lowest BCUT2D eigenvalue weighted by atomic mass is 9.98. The zero-order valence-corrected chi connectivity index (χ0v) is 18.3. The number of aliphatic carboxylic acids is 1. The molecule has 8 heteroatoms. The van der Waals surface area contributed by atoms with E-state index in [-0.39, 0.29) is 12.5 Å². The lowest BCUT2D eigenvalue weighted by Crippen LogP contribution is -2.50. The van der Waals surface area contributed by atoms with Crippen LogP contribution in [0.15, 0.2) is 48.5 Å². The van der Waals surface area contributed by atoms with Crippen LogP contribution in [0.2, 0.25) is 0 Å². The molecule has 2 atom stereocenters. The molecule has 0 fully saturated rings. The zero-order valence-electron chi connectivity index (χ0n) is 17.5. The molecule has 0 aromatic heterocycles. The SMILES string of the molecule is CSCC[C@H](NC(=O)[C@H](C)NC(=O)OCC1c2ccccc2-c2ccccc21)C(=O)O. The molecule has 1 aliphatic carbocycles. The van der Waals surface area contributed by atoms with E-state index in [1.54, 1.807) is 0 Å². The first-order valence-electron chi connectivity index (χ1n) is 10.1. The Morgan fingerprint density at radius 3 is 2.16 bits per heavy atom. The number of hydrogen-bond donors (Lipinski definition) is 3. The van der Waals surface area contributed by atoms with E-state index in [0.29, 0.717) is 12.2 Å². The van der Waals surface area contributed by atoms with Crippen molar-refractivity contribution in [2.24, 2.45) is 0 Å². The van der Waals surface area contributed by atoms with E-state index in [9.17, 15) is 19.5 Å². The van der Waals surface area contributed by atoms with Crippen LogP contribution in [0.25, 0.3) is 11.1 Å². The summed E-state index contributed by atoms with van der Waals surface area (Å²) in [6.45, 7) is 1.63. The van der Waals surface area contributed by atoms with Crippen LogP contribution in [0.1, 0.15) is 30.4 Å². The predicted octanol–water partition coefficient (Wildman–Crippen LogP) is 3.24. The van der Waals surface area contributed by atoms with Crippen molar-refractivity contribution in [1.82, 2.24) is 10.6 Å². The largest absolute Gasteiger partial charge is 0.480 e. The molecule has 31 heavy (non-hydrogen) atoms. The number of alkyl carbamates (subject to hydrolysis) is 1. The molecule has 2 aromatic carbocycles. The molecule has 2 aromatic rings. The molecule has 0 bridgehead atoms. The predicted molar refractivity (Wildman–Crippen MR) is 120 cm³/mol. The topological polar surface area (TPSA) is 105 Å². The summed E-state index contributed by atoms with van der Waals surface area (Å²) in [4.78, 5) is 35.9. The summed E-state index contributed by atoms with van der Waals surface area (Å²) in [5.74, 6) is -1.14. The van der Waals surface area contributed by atoms with Gasteiger partial charge in [-0.2, -0.15) is 11.8 Å². The van der Waals surface area contributed by atoms with Crippen LogP contribution in [-0.4, -0.2) is 53.8 Å². The third kappa shape index (κ3) is 5.38. The van der Waals surface area contributed by atoms with E-state index in [2.05, 4.69) is 22.8 Å². The molecule has 0 saturated heterocycles. The smallest absolute Gasteiger partial charge is 0.407 e. The Kier molecular flexibility index (Phi) is 7.57. The maximum atomic E-state index is 12.3. The minimum absolute atomic E-state index is 0.0785. The summed E-state index contributed by atoms with van der Waals surface area (Å²) < 4.78 is 5.43. The number of hydrogen-bond acceptors (Lipinski definition) is 5. The first-order chi connectivity index (χ1) is 14.9. The Balaban J connectivity index is 1.57. The van der Waals surface area contributed by atoms with E-state index < -0.39 is 30.1 Å². The second-order valence-electron chi connectivity index (χ2n) is 7.37. The lowest BCUT2D eigenvalue weighted by Gasteiger charge is -2.19. The molecule has 0 radical (unpaired) electrons. The van der Waals surface area contributed by atoms with Crippen molar-refractivity contribution in [2.45, 2.75) is 31.3 Å². The monoisotopic (exact) mass is 442 g/mol. The van der Waals surface area contributed by atoms with Gasteiger partial charge >= 0.3 is 12.1 Å². The number of fused-ring (bicyclic) bond motifs is 3. The number of thioether (sulfide) groups is 1. The van der Waals surface area contributed by atoms with Gasteiger partial charge in [-0.05, 0) is 47.6 Å². The number of rotatable bonds is 9. The Bertz CT molecular complexity index is 919. The van der Waals surface area contributed by atoms with Crippen molar-refractivity contribution in [3.63, 3.8) is 0 Å². The van der Waals surface area contributed by atoms with Crippen LogP contribution < -0.4 is 10.6 Å². The van der Waals surface area contributed by atoms with E-state index in [1.165, 1.54) is 18.7 Å². The molecule has 3 rings (SSSR count). The molecule has 2 amide bonds. The summed E-state index contributed by atoms with van der Waals surface area (Å²) in [5, 5.41) is 14.2. The molecule has 1 aliphatic rings. The molecule has 0 spiro atoms. The maximum Gasteiger partial charge on any atom is 0.407 e. The van der Waals surface area contributed by atoms with Gasteiger partial charge in [0.05, 0.1) is 0 Å². The van der Waals surface area contributed by atoms with E-state index in [0.717, 1.165) is 22.3 Å². The highest BCUT2D eigenvalue weighted by Gasteiger charge is 2.29. The third-order valence-electron chi connectivity index (χ3n) is 5.30. The molecular weight excluding hydrogens is 416 g/mol. The van der Waals surface area contributed by atoms with Gasteiger partial charge in [-0.1, -0.05) is 48.5 Å². The minimum atomic E-state index is -1.10. The van der Waals surface area contributed by atoms with Gasteiger partial charge in [0.15, 0.2) is 0 Å². The van der Waals surface area contributed by atoms with Crippen LogP contribution in [0, 0.1) is 0 Å². The zero-order chi connectivity index (χ0) is 22.4. The number of carbonyl (C=O) groups excluding carboxylic acids is 2. The highest BCUT2D eigenvalue weighted by molar-refractivity contribution is 7.98. The molecule has 0 aliphatic heterocycles. The molecule has 3 N–H and O–H groups in total. The minimum Gasteiger partial charge on any atom is -0.480 e. The molecule has 0 heterocycles. The quantitative estimate of drug-likeness (QED) is 0.551. The third-order valence-corrected chi connectivity index (χ3v) is 5.94. The average Bonchev–Trinajstić information content (AvgIpc) is 3.08. The van der Waals surface area contributed by atoms with Gasteiger partial charge in [0, 0.05) is 5.92 Å². The number of carbonyl (C=O) groups is 3. The van der Waals surface area contributed by atoms with Crippen LogP contribution in [-0.2, 0) is 14.3 Å². The summed E-state index contributed by atoms with van der Waals surface area (Å²) >= 11 is 1.50. The summed E-state index contributed by atoms with van der Waals surface area (Å²) in [6, 6.07) is 14.1. The van der Waals surface area contributed by atoms with Gasteiger partial charge in [0.2, 0.25) is 5.91 Å². The fourth-order valence-electron chi connectivity index (χ4n) is 3.67. The number of carboxylic acid groups (broad SMARTS) is 1. The van der Waals surface area contributed by atoms with Gasteiger partial charge < -0.3 is 20.5 Å². The molecule has 0 saturated carbocycles. The second-order valence-corrected chi connectivity index (χ2v) is 8.36. The fraction of sp³-hybridized carbons (Fsp3) is 0.348. The normalized spacial score (nSPS) is 14.1. The number of amides is 2. The number of nitrogens with one attached hydrogen (secondary N) is 2. The standard InChI is InChI=1S/C23H26N2O5S/c1-14(21(26)25-20(22(27)28)11-12-31-2)24-23(29)30-13-19-17-9-5-3-7-15(17)16-8-4-6-10-18(16)19/h3-10,14,19-20H,11-13H2,1-2H3,(H,24,29)(H,25,26)(H,27,28)/t14-,20-/m0/s1. The molecular formula is C23H26N2O5S. The van der Waals surface area contributed by atoms with Crippen LogP contribution in [0.4, 0.5) is 4.79 Å². The summed E-state index contributed by atoms with van der Waals surface area (Å²) in [6.07, 6.45) is 1.45. The average molecular weight is 443 g/mol. The van der Waals surface area contributed by atoms with Crippen molar-refractivity contribution in [3.05, 3.63) is 59.7 Å². The first-order valence-corrected chi connectivity index (χ1v) is 11.5. The van der Waals surface area contributed by atoms with Crippen LogP contribution in [0.5, 0.6) is 0 Å². The van der Waals surface area contributed by atoms with E-state index in [1.807, 2.05) is 42.7 Å². The van der Waals surface area contributed by atoms with Crippen molar-refractivity contribution < 1.29 is 24.2 Å². The highest BCUT2D eigenvalue weighted by Crippen LogP contribution is 2.44. The van der Waals surface area contributed by atoms with Crippen molar-refractivity contribution in [1.29, 1.82) is 0 Å². The Hall–Kier alpha value is -3.00. The first kappa shape index (κ1) is 22.7. The van der Waals surface area contributed by atoms with E-state index >= 15 is 0 Å². The second kappa shape index (κ2) is 10.3. The Morgan fingerprint density at radius 1 is 1.03 bits per heavy atom. The van der Waals surface area contributed by atoms with Gasteiger partial charge in [0.1, 0.15) is 18.7 Å². The van der Waals surface area contributed by atoms with Gasteiger partial charge in [0.25, 0.3) is 0 Å². The Labute approximate surface area is 185 Å². The Morgan fingerprint density at radius 2 is 1.61 bits per heavy atom. The van der Waals surface area contributed by atoms with Crippen molar-refractivity contribution in [2.75, 3.05) is 18.6 Å². The summed E-state index contributed by atoms with van der Waals surface area (Å²) in [5.41, 5.74) is 4.45. The fourth-order valence-corrected chi connectivity index (χ4v) is 4.14. The van der Waals surface area contributed by atoms with Crippen molar-refractivity contribution >= 4 is 29.7 Å². The number of ether oxygens (including phenoxy) is 1. The lowest BCUT2D eigenvalue weighted by molar-refractivity contribution is -0.142. The van der Waals surface area contributed by atoms with Gasteiger partial charge in [-0.3, -0.25) is 4.79 Å². The highest BCUT2D eigenvalue weighted by atomic mass is 32.2. The molecule has 7 nitrogen and oxygen atoms in total. The van der Waals surface area contributed by atoms with Gasteiger partial charge in [-0.25, -0.2) is 9.59 Å². The van der Waals surface area contributed by atoms with Crippen molar-refractivity contribution in [3.8, 4) is 11.1 Å². The molecule has 0 unspecified atom stereocenters. The van der Waals surface area contributed by atoms with E-state index in [4.69, 9.17) is 4.74 Å². The number of benzene rings is 2.